The molecular formula is C12H14Cl2N2O3. The minimum Gasteiger partial charge on any atom is -0.481 e. The molecule has 7 heteroatoms. The van der Waals surface area contributed by atoms with Crippen molar-refractivity contribution in [3.8, 4) is 0 Å². The van der Waals surface area contributed by atoms with Crippen molar-refractivity contribution in [2.75, 3.05) is 18.4 Å². The number of carbonyl (C=O) groups excluding carboxylic acids is 1. The van der Waals surface area contributed by atoms with E-state index >= 15 is 0 Å². The van der Waals surface area contributed by atoms with Gasteiger partial charge in [-0.2, -0.15) is 0 Å². The zero-order chi connectivity index (χ0) is 14.3. The van der Waals surface area contributed by atoms with Crippen LogP contribution >= 0.6 is 23.2 Å². The summed E-state index contributed by atoms with van der Waals surface area (Å²) in [5.41, 5.74) is 0.463. The topological polar surface area (TPSA) is 78.4 Å². The first kappa shape index (κ1) is 15.8. The lowest BCUT2D eigenvalue weighted by atomic mass is 10.3. The Bertz CT molecular complexity index is 466. The highest BCUT2D eigenvalue weighted by molar-refractivity contribution is 6.35. The van der Waals surface area contributed by atoms with Crippen LogP contribution in [0.25, 0.3) is 0 Å². The van der Waals surface area contributed by atoms with Crippen molar-refractivity contribution in [2.45, 2.75) is 12.8 Å². The number of carboxylic acids is 1. The maximum atomic E-state index is 11.6. The van der Waals surface area contributed by atoms with Gasteiger partial charge in [-0.1, -0.05) is 23.2 Å². The monoisotopic (exact) mass is 304 g/mol. The fourth-order valence-electron chi connectivity index (χ4n) is 1.33. The van der Waals surface area contributed by atoms with Crippen molar-refractivity contribution in [2.24, 2.45) is 0 Å². The molecule has 0 heterocycles. The molecular weight excluding hydrogens is 291 g/mol. The SMILES string of the molecule is O=C(O)CCNCCC(=O)Nc1cc(Cl)ccc1Cl. The fourth-order valence-corrected chi connectivity index (χ4v) is 1.67. The summed E-state index contributed by atoms with van der Waals surface area (Å²) in [6.07, 6.45) is 0.254. The third-order valence-corrected chi connectivity index (χ3v) is 2.81. The molecule has 0 saturated carbocycles. The molecule has 1 aromatic rings. The second-order valence-corrected chi connectivity index (χ2v) is 4.66. The summed E-state index contributed by atoms with van der Waals surface area (Å²) in [6.45, 7) is 0.734. The highest BCUT2D eigenvalue weighted by Crippen LogP contribution is 2.25. The first-order valence-electron chi connectivity index (χ1n) is 5.66. The molecule has 0 aliphatic carbocycles. The van der Waals surface area contributed by atoms with Crippen molar-refractivity contribution >= 4 is 40.8 Å². The number of carboxylic acid groups (broad SMARTS) is 1. The van der Waals surface area contributed by atoms with Crippen LogP contribution in [0, 0.1) is 0 Å². The Balaban J connectivity index is 2.31. The average Bonchev–Trinajstić information content (AvgIpc) is 2.33. The smallest absolute Gasteiger partial charge is 0.304 e. The summed E-state index contributed by atoms with van der Waals surface area (Å²) in [5.74, 6) is -1.09. The Labute approximate surface area is 120 Å². The number of amides is 1. The van der Waals surface area contributed by atoms with Crippen molar-refractivity contribution in [3.63, 3.8) is 0 Å². The fraction of sp³-hybridized carbons (Fsp3) is 0.333. The van der Waals surface area contributed by atoms with E-state index in [1.165, 1.54) is 0 Å². The molecule has 0 saturated heterocycles. The van der Waals surface area contributed by atoms with Crippen molar-refractivity contribution in [1.82, 2.24) is 5.32 Å². The van der Waals surface area contributed by atoms with Crippen LogP contribution in [0.5, 0.6) is 0 Å². The van der Waals surface area contributed by atoms with Crippen molar-refractivity contribution in [3.05, 3.63) is 28.2 Å². The lowest BCUT2D eigenvalue weighted by Crippen LogP contribution is -2.24. The lowest BCUT2D eigenvalue weighted by molar-refractivity contribution is -0.136. The van der Waals surface area contributed by atoms with E-state index in [1.54, 1.807) is 18.2 Å². The Morgan fingerprint density at radius 1 is 1.16 bits per heavy atom. The number of aliphatic carboxylic acids is 1. The third-order valence-electron chi connectivity index (χ3n) is 2.25. The van der Waals surface area contributed by atoms with Gasteiger partial charge in [0.05, 0.1) is 17.1 Å². The summed E-state index contributed by atoms with van der Waals surface area (Å²) < 4.78 is 0. The molecule has 104 valence electrons. The first-order chi connectivity index (χ1) is 8.99. The number of rotatable bonds is 7. The zero-order valence-corrected chi connectivity index (χ0v) is 11.6. The quantitative estimate of drug-likeness (QED) is 0.676. The van der Waals surface area contributed by atoms with Crippen molar-refractivity contribution in [1.29, 1.82) is 0 Å². The highest BCUT2D eigenvalue weighted by Gasteiger charge is 2.06. The third kappa shape index (κ3) is 6.42. The van der Waals surface area contributed by atoms with E-state index in [2.05, 4.69) is 10.6 Å². The van der Waals surface area contributed by atoms with E-state index in [4.69, 9.17) is 28.3 Å². The van der Waals surface area contributed by atoms with Crippen LogP contribution in [-0.2, 0) is 9.59 Å². The molecule has 0 aliphatic heterocycles. The number of halogens is 2. The Morgan fingerprint density at radius 2 is 1.84 bits per heavy atom. The number of nitrogens with one attached hydrogen (secondary N) is 2. The van der Waals surface area contributed by atoms with Gasteiger partial charge in [-0.15, -0.1) is 0 Å². The molecule has 0 aliphatic rings. The van der Waals surface area contributed by atoms with Gasteiger partial charge in [-0.25, -0.2) is 0 Å². The van der Waals surface area contributed by atoms with E-state index < -0.39 is 5.97 Å². The van der Waals surface area contributed by atoms with Gasteiger partial charge in [-0.05, 0) is 18.2 Å². The van der Waals surface area contributed by atoms with Crippen LogP contribution in [-0.4, -0.2) is 30.1 Å². The lowest BCUT2D eigenvalue weighted by Gasteiger charge is -2.08. The standard InChI is InChI=1S/C12H14Cl2N2O3/c13-8-1-2-9(14)10(7-8)16-11(17)3-5-15-6-4-12(18)19/h1-2,7,15H,3-6H2,(H,16,17)(H,18,19). The van der Waals surface area contributed by atoms with Gasteiger partial charge in [0.15, 0.2) is 0 Å². The molecule has 3 N–H and O–H groups in total. The maximum absolute atomic E-state index is 11.6. The van der Waals surface area contributed by atoms with Gasteiger partial charge in [0.1, 0.15) is 0 Å². The summed E-state index contributed by atoms with van der Waals surface area (Å²) in [6, 6.07) is 4.80. The van der Waals surface area contributed by atoms with Crippen molar-refractivity contribution < 1.29 is 14.7 Å². The number of hydrogen-bond acceptors (Lipinski definition) is 3. The molecule has 1 amide bonds. The number of benzene rings is 1. The van der Waals surface area contributed by atoms with Crippen LogP contribution in [0.1, 0.15) is 12.8 Å². The van der Waals surface area contributed by atoms with Gasteiger partial charge < -0.3 is 15.7 Å². The minimum atomic E-state index is -0.873. The van der Waals surface area contributed by atoms with Crippen LogP contribution in [0.3, 0.4) is 0 Å². The first-order valence-corrected chi connectivity index (χ1v) is 6.42. The predicted molar refractivity (Wildman–Crippen MR) is 74.8 cm³/mol. The van der Waals surface area contributed by atoms with Gasteiger partial charge in [-0.3, -0.25) is 9.59 Å². The van der Waals surface area contributed by atoms with Crippen LogP contribution in [0.15, 0.2) is 18.2 Å². The maximum Gasteiger partial charge on any atom is 0.304 e. The van der Waals surface area contributed by atoms with Gasteiger partial charge >= 0.3 is 5.97 Å². The Kier molecular flexibility index (Phi) is 6.62. The summed E-state index contributed by atoms with van der Waals surface area (Å²) in [5, 5.41) is 14.8. The Hall–Kier alpha value is -1.30. The molecule has 5 nitrogen and oxygen atoms in total. The van der Waals surface area contributed by atoms with Crippen LogP contribution in [0.4, 0.5) is 5.69 Å². The summed E-state index contributed by atoms with van der Waals surface area (Å²) in [7, 11) is 0. The molecule has 0 spiro atoms. The zero-order valence-electron chi connectivity index (χ0n) is 10.1. The average molecular weight is 305 g/mol. The Morgan fingerprint density at radius 3 is 2.53 bits per heavy atom. The van der Waals surface area contributed by atoms with E-state index in [0.717, 1.165) is 0 Å². The molecule has 0 aromatic heterocycles. The number of anilines is 1. The minimum absolute atomic E-state index is 0.0295. The normalized spacial score (nSPS) is 10.2. The molecule has 0 radical (unpaired) electrons. The molecule has 19 heavy (non-hydrogen) atoms. The van der Waals surface area contributed by atoms with E-state index in [1.807, 2.05) is 0 Å². The van der Waals surface area contributed by atoms with E-state index in [9.17, 15) is 9.59 Å². The molecule has 0 bridgehead atoms. The largest absolute Gasteiger partial charge is 0.481 e. The van der Waals surface area contributed by atoms with E-state index in [0.29, 0.717) is 28.8 Å². The summed E-state index contributed by atoms with van der Waals surface area (Å²) >= 11 is 11.7. The van der Waals surface area contributed by atoms with Crippen LogP contribution < -0.4 is 10.6 Å². The second-order valence-electron chi connectivity index (χ2n) is 3.82. The molecule has 1 rings (SSSR count). The number of hydrogen-bond donors (Lipinski definition) is 3. The molecule has 0 unspecified atom stereocenters. The van der Waals surface area contributed by atoms with E-state index in [-0.39, 0.29) is 18.7 Å². The predicted octanol–water partition coefficient (Wildman–Crippen LogP) is 2.39. The van der Waals surface area contributed by atoms with Crippen LogP contribution in [0.2, 0.25) is 10.0 Å². The van der Waals surface area contributed by atoms with Gasteiger partial charge in [0.25, 0.3) is 0 Å². The summed E-state index contributed by atoms with van der Waals surface area (Å²) in [4.78, 5) is 21.9. The van der Waals surface area contributed by atoms with Gasteiger partial charge in [0.2, 0.25) is 5.91 Å². The second kappa shape index (κ2) is 7.99. The molecule has 1 aromatic carbocycles. The molecule has 0 fully saturated rings. The molecule has 0 atom stereocenters. The van der Waals surface area contributed by atoms with Gasteiger partial charge in [0, 0.05) is 24.5 Å². The highest BCUT2D eigenvalue weighted by atomic mass is 35.5. The number of carbonyl (C=O) groups is 2.